The zero-order chi connectivity index (χ0) is 17.9. The van der Waals surface area contributed by atoms with Crippen LogP contribution in [0.25, 0.3) is 11.0 Å². The number of thiazole rings is 1. The Morgan fingerprint density at radius 1 is 1.19 bits per heavy atom. The minimum atomic E-state index is -0.150. The van der Waals surface area contributed by atoms with Gasteiger partial charge in [-0.25, -0.2) is 4.98 Å². The van der Waals surface area contributed by atoms with E-state index in [1.54, 1.807) is 23.6 Å². The highest BCUT2D eigenvalue weighted by atomic mass is 32.1. The summed E-state index contributed by atoms with van der Waals surface area (Å²) in [5.41, 5.74) is 2.89. The first kappa shape index (κ1) is 16.8. The first-order valence-electron chi connectivity index (χ1n) is 8.62. The molecule has 1 N–H and O–H groups in total. The van der Waals surface area contributed by atoms with Crippen LogP contribution in [0.4, 0.5) is 11.4 Å². The Morgan fingerprint density at radius 3 is 2.73 bits per heavy atom. The maximum Gasteiger partial charge on any atom is 0.248 e. The minimum absolute atomic E-state index is 0.150. The fraction of sp³-hybridized carbons (Fsp3) is 0.263. The normalized spacial score (nSPS) is 15.8. The summed E-state index contributed by atoms with van der Waals surface area (Å²) < 4.78 is 1.96. The predicted molar refractivity (Wildman–Crippen MR) is 107 cm³/mol. The average Bonchev–Trinajstić information content (AvgIpc) is 3.25. The van der Waals surface area contributed by atoms with E-state index in [0.29, 0.717) is 0 Å². The molecule has 0 unspecified atom stereocenters. The van der Waals surface area contributed by atoms with Crippen molar-refractivity contribution in [1.29, 1.82) is 0 Å². The fourth-order valence-corrected chi connectivity index (χ4v) is 3.73. The number of piperazine rings is 1. The largest absolute Gasteiger partial charge is 0.369 e. The number of benzene rings is 1. The molecule has 0 bridgehead atoms. The Balaban J connectivity index is 1.37. The number of fused-ring (bicyclic) bond motifs is 1. The van der Waals surface area contributed by atoms with Crippen LogP contribution in [-0.4, -0.2) is 53.4 Å². The van der Waals surface area contributed by atoms with Gasteiger partial charge in [0.2, 0.25) is 5.91 Å². The minimum Gasteiger partial charge on any atom is -0.369 e. The van der Waals surface area contributed by atoms with Crippen LogP contribution in [0, 0.1) is 0 Å². The summed E-state index contributed by atoms with van der Waals surface area (Å²) in [5.74, 6) is -0.150. The summed E-state index contributed by atoms with van der Waals surface area (Å²) in [7, 11) is 2.15. The number of rotatable bonds is 4. The Hall–Kier alpha value is -2.64. The zero-order valence-electron chi connectivity index (χ0n) is 14.6. The maximum atomic E-state index is 12.2. The van der Waals surface area contributed by atoms with E-state index in [0.717, 1.165) is 42.5 Å². The van der Waals surface area contributed by atoms with Gasteiger partial charge in [-0.15, -0.1) is 11.3 Å². The third-order valence-corrected chi connectivity index (χ3v) is 5.35. The first-order chi connectivity index (χ1) is 12.7. The van der Waals surface area contributed by atoms with Crippen molar-refractivity contribution in [3.8, 4) is 0 Å². The molecule has 1 saturated heterocycles. The molecule has 6 nitrogen and oxygen atoms in total. The van der Waals surface area contributed by atoms with Gasteiger partial charge >= 0.3 is 0 Å². The SMILES string of the molecule is CN1CCN(c2ccc(NC(=O)/C=C/c3cnc4sccn34)cc2)CC1. The average molecular weight is 367 g/mol. The molecule has 134 valence electrons. The van der Waals surface area contributed by atoms with Crippen molar-refractivity contribution in [3.63, 3.8) is 0 Å². The first-order valence-corrected chi connectivity index (χ1v) is 9.50. The zero-order valence-corrected chi connectivity index (χ0v) is 15.4. The van der Waals surface area contributed by atoms with E-state index in [1.165, 1.54) is 11.8 Å². The van der Waals surface area contributed by atoms with Gasteiger partial charge in [0.05, 0.1) is 11.9 Å². The van der Waals surface area contributed by atoms with Gasteiger partial charge in [0.15, 0.2) is 4.96 Å². The van der Waals surface area contributed by atoms with Crippen LogP contribution in [0.15, 0.2) is 48.1 Å². The lowest BCUT2D eigenvalue weighted by atomic mass is 10.2. The molecular formula is C19H21N5OS. The third kappa shape index (κ3) is 3.63. The number of amides is 1. The number of carbonyl (C=O) groups is 1. The van der Waals surface area contributed by atoms with E-state index in [2.05, 4.69) is 39.3 Å². The van der Waals surface area contributed by atoms with Crippen molar-refractivity contribution in [2.45, 2.75) is 0 Å². The number of carbonyl (C=O) groups excluding carboxylic acids is 1. The standard InChI is InChI=1S/C19H21N5OS/c1-22-8-10-23(11-9-22)16-4-2-15(3-5-16)21-18(25)7-6-17-14-20-19-24(17)12-13-26-19/h2-7,12-14H,8-11H2,1H3,(H,21,25)/b7-6+. The number of imidazole rings is 1. The fourth-order valence-electron chi connectivity index (χ4n) is 3.03. The van der Waals surface area contributed by atoms with Crippen LogP contribution in [0.5, 0.6) is 0 Å². The van der Waals surface area contributed by atoms with Gasteiger partial charge in [-0.2, -0.15) is 0 Å². The lowest BCUT2D eigenvalue weighted by molar-refractivity contribution is -0.111. The highest BCUT2D eigenvalue weighted by Gasteiger charge is 2.14. The van der Waals surface area contributed by atoms with Crippen LogP contribution in [0.3, 0.4) is 0 Å². The van der Waals surface area contributed by atoms with E-state index >= 15 is 0 Å². The van der Waals surface area contributed by atoms with E-state index in [9.17, 15) is 4.79 Å². The van der Waals surface area contributed by atoms with Crippen LogP contribution in [0.2, 0.25) is 0 Å². The molecule has 1 aliphatic rings. The van der Waals surface area contributed by atoms with Crippen molar-refractivity contribution in [1.82, 2.24) is 14.3 Å². The summed E-state index contributed by atoms with van der Waals surface area (Å²) >= 11 is 1.57. The lowest BCUT2D eigenvalue weighted by Gasteiger charge is -2.34. The molecule has 0 spiro atoms. The molecule has 7 heteroatoms. The van der Waals surface area contributed by atoms with Gasteiger partial charge < -0.3 is 15.1 Å². The Morgan fingerprint density at radius 2 is 1.96 bits per heavy atom. The van der Waals surface area contributed by atoms with Gasteiger partial charge in [-0.1, -0.05) is 0 Å². The lowest BCUT2D eigenvalue weighted by Crippen LogP contribution is -2.44. The van der Waals surface area contributed by atoms with Crippen molar-refractivity contribution in [2.24, 2.45) is 0 Å². The Labute approximate surface area is 156 Å². The quantitative estimate of drug-likeness (QED) is 0.721. The number of aromatic nitrogens is 2. The van der Waals surface area contributed by atoms with E-state index in [1.807, 2.05) is 28.1 Å². The number of anilines is 2. The molecule has 2 aromatic heterocycles. The summed E-state index contributed by atoms with van der Waals surface area (Å²) in [5, 5.41) is 4.88. The Bertz CT molecular complexity index is 919. The smallest absolute Gasteiger partial charge is 0.248 e. The second kappa shape index (κ2) is 7.31. The monoisotopic (exact) mass is 367 g/mol. The third-order valence-electron chi connectivity index (χ3n) is 4.58. The molecule has 0 saturated carbocycles. The molecule has 4 rings (SSSR count). The topological polar surface area (TPSA) is 52.9 Å². The predicted octanol–water partition coefficient (Wildman–Crippen LogP) is 2.80. The number of nitrogens with one attached hydrogen (secondary N) is 1. The molecule has 26 heavy (non-hydrogen) atoms. The number of hydrogen-bond donors (Lipinski definition) is 1. The summed E-state index contributed by atoms with van der Waals surface area (Å²) in [6.45, 7) is 4.23. The highest BCUT2D eigenvalue weighted by Crippen LogP contribution is 2.19. The summed E-state index contributed by atoms with van der Waals surface area (Å²) in [4.78, 5) is 22.1. The van der Waals surface area contributed by atoms with Crippen LogP contribution in [0.1, 0.15) is 5.69 Å². The number of nitrogens with zero attached hydrogens (tertiary/aromatic N) is 4. The van der Waals surface area contributed by atoms with Crippen molar-refractivity contribution >= 4 is 39.7 Å². The second-order valence-corrected chi connectivity index (χ2v) is 7.27. The van der Waals surface area contributed by atoms with Gasteiger partial charge in [0.1, 0.15) is 0 Å². The molecule has 0 atom stereocenters. The van der Waals surface area contributed by atoms with Crippen molar-refractivity contribution in [2.75, 3.05) is 43.4 Å². The molecule has 1 aromatic carbocycles. The Kier molecular flexibility index (Phi) is 4.73. The van der Waals surface area contributed by atoms with Crippen molar-refractivity contribution < 1.29 is 4.79 Å². The van der Waals surface area contributed by atoms with Crippen molar-refractivity contribution in [3.05, 3.63) is 53.8 Å². The molecular weight excluding hydrogens is 346 g/mol. The van der Waals surface area contributed by atoms with E-state index < -0.39 is 0 Å². The van der Waals surface area contributed by atoms with Gasteiger partial charge in [-0.3, -0.25) is 9.20 Å². The number of likely N-dealkylation sites (N-methyl/N-ethyl adjacent to an activating group) is 1. The molecule has 3 heterocycles. The van der Waals surface area contributed by atoms with Crippen LogP contribution < -0.4 is 10.2 Å². The molecule has 1 amide bonds. The molecule has 0 radical (unpaired) electrons. The highest BCUT2D eigenvalue weighted by molar-refractivity contribution is 7.15. The maximum absolute atomic E-state index is 12.2. The summed E-state index contributed by atoms with van der Waals surface area (Å²) in [6.07, 6.45) is 7.03. The molecule has 3 aromatic rings. The molecule has 1 fully saturated rings. The molecule has 0 aliphatic carbocycles. The van der Waals surface area contributed by atoms with Crippen LogP contribution in [-0.2, 0) is 4.79 Å². The van der Waals surface area contributed by atoms with Gasteiger partial charge in [0.25, 0.3) is 0 Å². The second-order valence-electron chi connectivity index (χ2n) is 6.40. The van der Waals surface area contributed by atoms with Crippen LogP contribution >= 0.6 is 11.3 Å². The summed E-state index contributed by atoms with van der Waals surface area (Å²) in [6, 6.07) is 8.04. The van der Waals surface area contributed by atoms with Gasteiger partial charge in [0, 0.05) is 55.2 Å². The van der Waals surface area contributed by atoms with E-state index in [-0.39, 0.29) is 5.91 Å². The van der Waals surface area contributed by atoms with E-state index in [4.69, 9.17) is 0 Å². The van der Waals surface area contributed by atoms with Gasteiger partial charge in [-0.05, 0) is 37.4 Å². The molecule has 1 aliphatic heterocycles. The number of hydrogen-bond acceptors (Lipinski definition) is 5.